The van der Waals surface area contributed by atoms with E-state index >= 15 is 0 Å². The van der Waals surface area contributed by atoms with Crippen LogP contribution in [0.2, 0.25) is 5.02 Å². The van der Waals surface area contributed by atoms with Crippen molar-refractivity contribution >= 4 is 28.9 Å². The van der Waals surface area contributed by atoms with Gasteiger partial charge in [0.05, 0.1) is 17.1 Å². The van der Waals surface area contributed by atoms with Crippen LogP contribution in [0.25, 0.3) is 0 Å². The fourth-order valence-electron chi connectivity index (χ4n) is 2.24. The number of rotatable bonds is 4. The van der Waals surface area contributed by atoms with Crippen LogP contribution < -0.4 is 10.6 Å². The van der Waals surface area contributed by atoms with Crippen molar-refractivity contribution in [3.05, 3.63) is 32.8 Å². The zero-order valence-corrected chi connectivity index (χ0v) is 12.4. The Bertz CT molecular complexity index is 579. The van der Waals surface area contributed by atoms with Gasteiger partial charge in [0.1, 0.15) is 5.02 Å². The molecule has 1 heterocycles. The highest BCUT2D eigenvalue weighted by molar-refractivity contribution is 6.33. The molecule has 0 aliphatic carbocycles. The summed E-state index contributed by atoms with van der Waals surface area (Å²) in [5, 5.41) is 16.6. The molecule has 114 valence electrons. The van der Waals surface area contributed by atoms with Crippen molar-refractivity contribution in [3.8, 4) is 0 Å². The van der Waals surface area contributed by atoms with E-state index in [1.165, 1.54) is 12.1 Å². The van der Waals surface area contributed by atoms with Crippen molar-refractivity contribution in [3.63, 3.8) is 0 Å². The molecule has 2 atom stereocenters. The maximum absolute atomic E-state index is 12.2. The average molecular weight is 314 g/mol. The van der Waals surface area contributed by atoms with Gasteiger partial charge in [0.2, 0.25) is 5.91 Å². The van der Waals surface area contributed by atoms with Crippen LogP contribution >= 0.6 is 11.6 Å². The quantitative estimate of drug-likeness (QED) is 0.654. The number of nitrogens with one attached hydrogen (secondary N) is 2. The molecular formula is C13H16ClN3O4. The Balaban J connectivity index is 2.11. The first-order chi connectivity index (χ1) is 9.92. The minimum Gasteiger partial charge on any atom is -0.380 e. The first kappa shape index (κ1) is 15.7. The minimum absolute atomic E-state index is 0.00458. The molecule has 1 aromatic carbocycles. The van der Waals surface area contributed by atoms with Crippen LogP contribution in [-0.4, -0.2) is 36.6 Å². The Morgan fingerprint density at radius 2 is 2.29 bits per heavy atom. The van der Waals surface area contributed by atoms with Crippen molar-refractivity contribution in [2.24, 2.45) is 0 Å². The smallest absolute Gasteiger partial charge is 0.288 e. The maximum atomic E-state index is 12.2. The van der Waals surface area contributed by atoms with Gasteiger partial charge in [0.15, 0.2) is 0 Å². The fourth-order valence-corrected chi connectivity index (χ4v) is 2.48. The van der Waals surface area contributed by atoms with Crippen molar-refractivity contribution in [1.82, 2.24) is 5.32 Å². The van der Waals surface area contributed by atoms with E-state index in [9.17, 15) is 14.9 Å². The molecule has 8 heteroatoms. The van der Waals surface area contributed by atoms with Gasteiger partial charge < -0.3 is 15.4 Å². The van der Waals surface area contributed by atoms with Gasteiger partial charge in [-0.2, -0.15) is 0 Å². The number of nitrogens with zero attached hydrogens (tertiary/aromatic N) is 1. The summed E-state index contributed by atoms with van der Waals surface area (Å²) in [6.07, 6.45) is 0.601. The SMILES string of the molecule is COC1CNC(C(=O)Nc2cc(Cl)c([N+](=O)[O-])cc2C)C1. The Kier molecular flexibility index (Phi) is 4.76. The summed E-state index contributed by atoms with van der Waals surface area (Å²) in [6.45, 7) is 2.30. The van der Waals surface area contributed by atoms with Gasteiger partial charge in [-0.1, -0.05) is 11.6 Å². The summed E-state index contributed by atoms with van der Waals surface area (Å²) in [7, 11) is 1.60. The molecule has 1 aromatic rings. The van der Waals surface area contributed by atoms with Gasteiger partial charge in [0, 0.05) is 25.4 Å². The third kappa shape index (κ3) is 3.49. The molecule has 21 heavy (non-hydrogen) atoms. The van der Waals surface area contributed by atoms with Crippen LogP contribution in [0.3, 0.4) is 0 Å². The Labute approximate surface area is 126 Å². The highest BCUT2D eigenvalue weighted by Crippen LogP contribution is 2.30. The number of ether oxygens (including phenoxy) is 1. The third-order valence-corrected chi connectivity index (χ3v) is 3.79. The number of aryl methyl sites for hydroxylation is 1. The van der Waals surface area contributed by atoms with Crippen molar-refractivity contribution in [2.75, 3.05) is 19.0 Å². The van der Waals surface area contributed by atoms with E-state index < -0.39 is 4.92 Å². The van der Waals surface area contributed by atoms with E-state index in [1.54, 1.807) is 14.0 Å². The number of carbonyl (C=O) groups is 1. The number of hydrogen-bond acceptors (Lipinski definition) is 5. The van der Waals surface area contributed by atoms with Crippen LogP contribution in [0.4, 0.5) is 11.4 Å². The van der Waals surface area contributed by atoms with Crippen LogP contribution in [0, 0.1) is 17.0 Å². The lowest BCUT2D eigenvalue weighted by Gasteiger charge is -2.13. The van der Waals surface area contributed by atoms with E-state index in [0.717, 1.165) is 0 Å². The van der Waals surface area contributed by atoms with Crippen LogP contribution in [0.1, 0.15) is 12.0 Å². The lowest BCUT2D eigenvalue weighted by atomic mass is 10.1. The van der Waals surface area contributed by atoms with Gasteiger partial charge in [-0.15, -0.1) is 0 Å². The molecule has 1 amide bonds. The number of carbonyl (C=O) groups excluding carboxylic acids is 1. The second-order valence-corrected chi connectivity index (χ2v) is 5.33. The molecule has 1 aliphatic rings. The molecular weight excluding hydrogens is 298 g/mol. The average Bonchev–Trinajstić information content (AvgIpc) is 2.91. The summed E-state index contributed by atoms with van der Waals surface area (Å²) in [4.78, 5) is 22.4. The molecule has 2 unspecified atom stereocenters. The van der Waals surface area contributed by atoms with Crippen molar-refractivity contribution in [1.29, 1.82) is 0 Å². The van der Waals surface area contributed by atoms with E-state index in [2.05, 4.69) is 10.6 Å². The topological polar surface area (TPSA) is 93.5 Å². The highest BCUT2D eigenvalue weighted by Gasteiger charge is 2.29. The largest absolute Gasteiger partial charge is 0.380 e. The van der Waals surface area contributed by atoms with E-state index in [-0.39, 0.29) is 28.8 Å². The lowest BCUT2D eigenvalue weighted by molar-refractivity contribution is -0.384. The molecule has 1 aliphatic heterocycles. The number of amides is 1. The maximum Gasteiger partial charge on any atom is 0.288 e. The number of halogens is 1. The number of methoxy groups -OCH3 is 1. The summed E-state index contributed by atoms with van der Waals surface area (Å²) in [5.41, 5.74) is 0.879. The van der Waals surface area contributed by atoms with Gasteiger partial charge in [-0.05, 0) is 25.0 Å². The van der Waals surface area contributed by atoms with Crippen molar-refractivity contribution < 1.29 is 14.5 Å². The minimum atomic E-state index is -0.553. The van der Waals surface area contributed by atoms with E-state index in [0.29, 0.717) is 24.2 Å². The third-order valence-electron chi connectivity index (χ3n) is 3.49. The predicted octanol–water partition coefficient (Wildman–Crippen LogP) is 1.87. The molecule has 0 saturated carbocycles. The molecule has 1 saturated heterocycles. The Hall–Kier alpha value is -1.70. The number of benzene rings is 1. The first-order valence-electron chi connectivity index (χ1n) is 6.44. The first-order valence-corrected chi connectivity index (χ1v) is 6.81. The molecule has 0 spiro atoms. The molecule has 7 nitrogen and oxygen atoms in total. The Morgan fingerprint density at radius 3 is 2.86 bits per heavy atom. The molecule has 2 rings (SSSR count). The monoisotopic (exact) mass is 313 g/mol. The second-order valence-electron chi connectivity index (χ2n) is 4.92. The van der Waals surface area contributed by atoms with Crippen LogP contribution in [0.15, 0.2) is 12.1 Å². The van der Waals surface area contributed by atoms with E-state index in [4.69, 9.17) is 16.3 Å². The molecule has 0 bridgehead atoms. The summed E-state index contributed by atoms with van der Waals surface area (Å²) in [5.74, 6) is -0.206. The molecule has 0 radical (unpaired) electrons. The number of anilines is 1. The Morgan fingerprint density at radius 1 is 1.57 bits per heavy atom. The predicted molar refractivity (Wildman–Crippen MR) is 78.7 cm³/mol. The van der Waals surface area contributed by atoms with Crippen LogP contribution in [-0.2, 0) is 9.53 Å². The van der Waals surface area contributed by atoms with Gasteiger partial charge in [-0.3, -0.25) is 14.9 Å². The number of nitro benzene ring substituents is 1. The highest BCUT2D eigenvalue weighted by atomic mass is 35.5. The lowest BCUT2D eigenvalue weighted by Crippen LogP contribution is -2.35. The summed E-state index contributed by atoms with van der Waals surface area (Å²) < 4.78 is 5.19. The van der Waals surface area contributed by atoms with Gasteiger partial charge in [0.25, 0.3) is 5.69 Å². The van der Waals surface area contributed by atoms with Crippen LogP contribution in [0.5, 0.6) is 0 Å². The van der Waals surface area contributed by atoms with Gasteiger partial charge in [-0.25, -0.2) is 0 Å². The zero-order valence-electron chi connectivity index (χ0n) is 11.7. The summed E-state index contributed by atoms with van der Waals surface area (Å²) >= 11 is 5.86. The normalized spacial score (nSPS) is 21.3. The molecule has 2 N–H and O–H groups in total. The van der Waals surface area contributed by atoms with Crippen molar-refractivity contribution in [2.45, 2.75) is 25.5 Å². The second kappa shape index (κ2) is 6.38. The number of nitro groups is 1. The van der Waals surface area contributed by atoms with Gasteiger partial charge >= 0.3 is 0 Å². The number of hydrogen-bond donors (Lipinski definition) is 2. The molecule has 1 fully saturated rings. The zero-order chi connectivity index (χ0) is 15.6. The molecule has 0 aromatic heterocycles. The summed E-state index contributed by atoms with van der Waals surface area (Å²) in [6, 6.07) is 2.40. The van der Waals surface area contributed by atoms with E-state index in [1.807, 2.05) is 0 Å². The fraction of sp³-hybridized carbons (Fsp3) is 0.462. The standard InChI is InChI=1S/C13H16ClN3O4/c1-7-3-12(17(19)20)9(14)5-10(7)16-13(18)11-4-8(21-2)6-15-11/h3,5,8,11,15H,4,6H2,1-2H3,(H,16,18).